The third-order valence-electron chi connectivity index (χ3n) is 8.70. The van der Waals surface area contributed by atoms with E-state index in [0.717, 1.165) is 22.2 Å². The number of nitrogens with one attached hydrogen (secondary N) is 1. The number of halogens is 3. The molecule has 0 aliphatic carbocycles. The van der Waals surface area contributed by atoms with Gasteiger partial charge in [-0.25, -0.2) is 0 Å². The summed E-state index contributed by atoms with van der Waals surface area (Å²) in [6.07, 6.45) is -0.469. The molecule has 6 rings (SSSR count). The van der Waals surface area contributed by atoms with Crippen molar-refractivity contribution < 1.29 is 32.3 Å². The fraction of sp³-hybridized carbons (Fsp3) is 0.364. The summed E-state index contributed by atoms with van der Waals surface area (Å²) >= 11 is 0. The third-order valence-corrected chi connectivity index (χ3v) is 8.70. The standard InChI is InChI=1S/C33H34F3N9O5/c1-3-24-27(42-11-13-43(14-12-42)30(48)26-22(28(37)47)5-4-10-38-26)31(49)45-32(40-29(41-45)20-8-15-50-16-9-20)44(24)18-25(46)39-23-7-6-21(17-19(23)2)33(34,35)36/h4-8,10,17H,3,9,11-16,18H2,1-2H3,(H2,37,47)(H,39,46). The van der Waals surface area contributed by atoms with Crippen LogP contribution in [0.2, 0.25) is 0 Å². The van der Waals surface area contributed by atoms with E-state index in [4.69, 9.17) is 10.5 Å². The van der Waals surface area contributed by atoms with E-state index in [2.05, 4.69) is 20.4 Å². The van der Waals surface area contributed by atoms with Gasteiger partial charge in [0.05, 0.1) is 30.0 Å². The first-order chi connectivity index (χ1) is 23.9. The van der Waals surface area contributed by atoms with Crippen LogP contribution in [0.3, 0.4) is 0 Å². The number of benzene rings is 1. The Morgan fingerprint density at radius 1 is 1.10 bits per heavy atom. The van der Waals surface area contributed by atoms with Crippen LogP contribution in [0.1, 0.15) is 56.8 Å². The minimum atomic E-state index is -4.53. The molecule has 3 amide bonds. The number of hydrogen-bond acceptors (Lipinski definition) is 9. The van der Waals surface area contributed by atoms with E-state index in [0.29, 0.717) is 37.6 Å². The number of alkyl halides is 3. The van der Waals surface area contributed by atoms with Crippen molar-refractivity contribution in [1.82, 2.24) is 29.0 Å². The second kappa shape index (κ2) is 13.7. The van der Waals surface area contributed by atoms with Crippen molar-refractivity contribution in [2.24, 2.45) is 5.73 Å². The number of amides is 3. The van der Waals surface area contributed by atoms with E-state index in [1.54, 1.807) is 4.57 Å². The Hall–Kier alpha value is -5.58. The van der Waals surface area contributed by atoms with Gasteiger partial charge >= 0.3 is 6.18 Å². The number of anilines is 2. The lowest BCUT2D eigenvalue weighted by molar-refractivity contribution is -0.137. The predicted molar refractivity (Wildman–Crippen MR) is 176 cm³/mol. The topological polar surface area (TPSA) is 170 Å². The summed E-state index contributed by atoms with van der Waals surface area (Å²) in [6.45, 7) is 4.64. The molecule has 0 bridgehead atoms. The number of aromatic nitrogens is 5. The summed E-state index contributed by atoms with van der Waals surface area (Å²) in [5.74, 6) is -1.36. The molecule has 3 N–H and O–H groups in total. The summed E-state index contributed by atoms with van der Waals surface area (Å²) in [6, 6.07) is 6.01. The Labute approximate surface area is 283 Å². The molecule has 50 heavy (non-hydrogen) atoms. The molecule has 1 fully saturated rings. The molecule has 0 unspecified atom stereocenters. The minimum absolute atomic E-state index is 0.00734. The normalized spacial score (nSPS) is 15.3. The van der Waals surface area contributed by atoms with Gasteiger partial charge in [0.25, 0.3) is 17.4 Å². The minimum Gasteiger partial charge on any atom is -0.377 e. The highest BCUT2D eigenvalue weighted by Crippen LogP contribution is 2.32. The van der Waals surface area contributed by atoms with E-state index in [1.807, 2.05) is 17.9 Å². The van der Waals surface area contributed by atoms with E-state index < -0.39 is 35.0 Å². The molecule has 1 aromatic carbocycles. The van der Waals surface area contributed by atoms with Crippen LogP contribution in [0.4, 0.5) is 24.5 Å². The van der Waals surface area contributed by atoms with Crippen molar-refractivity contribution in [3.05, 3.63) is 86.9 Å². The number of rotatable bonds is 8. The molecule has 2 aliphatic heterocycles. The lowest BCUT2D eigenvalue weighted by Crippen LogP contribution is -2.51. The molecule has 0 spiro atoms. The molecule has 0 atom stereocenters. The largest absolute Gasteiger partial charge is 0.416 e. The molecular weight excluding hydrogens is 659 g/mol. The van der Waals surface area contributed by atoms with Crippen LogP contribution in [0.5, 0.6) is 0 Å². The number of carbonyl (C=O) groups is 3. The first-order valence-corrected chi connectivity index (χ1v) is 15.9. The van der Waals surface area contributed by atoms with Crippen molar-refractivity contribution in [3.63, 3.8) is 0 Å². The molecule has 17 heteroatoms. The Morgan fingerprint density at radius 3 is 2.50 bits per heavy atom. The fourth-order valence-electron chi connectivity index (χ4n) is 6.17. The van der Waals surface area contributed by atoms with Crippen LogP contribution < -0.4 is 21.5 Å². The maximum Gasteiger partial charge on any atom is 0.416 e. The zero-order chi connectivity index (χ0) is 35.7. The highest BCUT2D eigenvalue weighted by Gasteiger charge is 2.32. The number of primary amides is 1. The highest BCUT2D eigenvalue weighted by molar-refractivity contribution is 6.05. The number of aryl methyl sites for hydroxylation is 1. The first kappa shape index (κ1) is 34.3. The molecular formula is C33H34F3N9O5. The highest BCUT2D eigenvalue weighted by atomic mass is 19.4. The van der Waals surface area contributed by atoms with Gasteiger partial charge in [-0.05, 0) is 61.2 Å². The number of pyridine rings is 1. The molecule has 0 saturated carbocycles. The molecule has 14 nitrogen and oxygen atoms in total. The summed E-state index contributed by atoms with van der Waals surface area (Å²) in [7, 11) is 0. The van der Waals surface area contributed by atoms with Crippen LogP contribution in [0.25, 0.3) is 11.4 Å². The van der Waals surface area contributed by atoms with Gasteiger partial charge < -0.3 is 30.2 Å². The zero-order valence-electron chi connectivity index (χ0n) is 27.3. The van der Waals surface area contributed by atoms with Crippen molar-refractivity contribution in [3.8, 4) is 0 Å². The van der Waals surface area contributed by atoms with Gasteiger partial charge in [-0.1, -0.05) is 13.0 Å². The van der Waals surface area contributed by atoms with Crippen LogP contribution in [0.15, 0.2) is 47.4 Å². The summed E-state index contributed by atoms with van der Waals surface area (Å²) in [4.78, 5) is 65.0. The van der Waals surface area contributed by atoms with Crippen LogP contribution in [0, 0.1) is 6.92 Å². The average molecular weight is 694 g/mol. The van der Waals surface area contributed by atoms with Crippen molar-refractivity contribution in [1.29, 1.82) is 0 Å². The van der Waals surface area contributed by atoms with E-state index in [-0.39, 0.29) is 66.7 Å². The Morgan fingerprint density at radius 2 is 1.86 bits per heavy atom. The number of carbonyl (C=O) groups excluding carboxylic acids is 3. The maximum absolute atomic E-state index is 14.2. The second-order valence-electron chi connectivity index (χ2n) is 11.9. The molecule has 4 aromatic rings. The van der Waals surface area contributed by atoms with E-state index >= 15 is 0 Å². The lowest BCUT2D eigenvalue weighted by atomic mass is 10.1. The number of fused-ring (bicyclic) bond motifs is 1. The number of nitrogens with two attached hydrogens (primary N) is 1. The molecule has 2 aliphatic rings. The number of hydrogen-bond donors (Lipinski definition) is 2. The third kappa shape index (κ3) is 6.67. The van der Waals surface area contributed by atoms with Crippen molar-refractivity contribution in [2.45, 2.75) is 39.4 Å². The van der Waals surface area contributed by atoms with Gasteiger partial charge in [-0.3, -0.25) is 24.2 Å². The Kier molecular flexibility index (Phi) is 9.42. The van der Waals surface area contributed by atoms with Gasteiger partial charge in [-0.15, -0.1) is 5.10 Å². The predicted octanol–water partition coefficient (Wildman–Crippen LogP) is 2.68. The fourth-order valence-corrected chi connectivity index (χ4v) is 6.17. The van der Waals surface area contributed by atoms with Gasteiger partial charge in [0.15, 0.2) is 5.82 Å². The summed E-state index contributed by atoms with van der Waals surface area (Å²) in [5.41, 5.74) is 6.10. The van der Waals surface area contributed by atoms with Crippen molar-refractivity contribution >= 4 is 40.4 Å². The lowest BCUT2D eigenvalue weighted by Gasteiger charge is -2.36. The molecule has 5 heterocycles. The first-order valence-electron chi connectivity index (χ1n) is 15.9. The second-order valence-corrected chi connectivity index (χ2v) is 11.9. The van der Waals surface area contributed by atoms with E-state index in [1.165, 1.54) is 36.2 Å². The SMILES string of the molecule is CCc1c(N2CCN(C(=O)c3ncccc3C(N)=O)CC2)c(=O)n2nc(C3=CCOCC3)nc2n1CC(=O)Nc1ccc(C(F)(F)F)cc1C. The van der Waals surface area contributed by atoms with Gasteiger partial charge in [0.1, 0.15) is 17.9 Å². The van der Waals surface area contributed by atoms with Crippen LogP contribution in [-0.4, -0.2) is 86.2 Å². The van der Waals surface area contributed by atoms with Gasteiger partial charge in [0, 0.05) is 38.1 Å². The monoisotopic (exact) mass is 693 g/mol. The van der Waals surface area contributed by atoms with E-state index in [9.17, 15) is 32.3 Å². The Bertz CT molecular complexity index is 2080. The molecule has 0 radical (unpaired) electrons. The van der Waals surface area contributed by atoms with Crippen LogP contribution >= 0.6 is 0 Å². The molecule has 3 aromatic heterocycles. The number of nitrogens with zero attached hydrogens (tertiary/aromatic N) is 7. The molecule has 1 saturated heterocycles. The van der Waals surface area contributed by atoms with Crippen molar-refractivity contribution in [2.75, 3.05) is 49.6 Å². The van der Waals surface area contributed by atoms with Gasteiger partial charge in [0.2, 0.25) is 11.7 Å². The molecule has 262 valence electrons. The van der Waals surface area contributed by atoms with Crippen LogP contribution in [-0.2, 0) is 28.7 Å². The maximum atomic E-state index is 14.2. The Balaban J connectivity index is 1.34. The smallest absolute Gasteiger partial charge is 0.377 e. The quantitative estimate of drug-likeness (QED) is 0.282. The summed E-state index contributed by atoms with van der Waals surface area (Å²) in [5, 5.41) is 7.24. The zero-order valence-corrected chi connectivity index (χ0v) is 27.3. The summed E-state index contributed by atoms with van der Waals surface area (Å²) < 4.78 is 47.9. The number of ether oxygens (including phenoxy) is 1. The average Bonchev–Trinajstić information content (AvgIpc) is 3.56. The number of piperazine rings is 1. The van der Waals surface area contributed by atoms with Gasteiger partial charge in [-0.2, -0.15) is 22.7 Å².